The van der Waals surface area contributed by atoms with E-state index in [-0.39, 0.29) is 17.3 Å². The van der Waals surface area contributed by atoms with Crippen molar-refractivity contribution < 1.29 is 13.2 Å². The number of nitrogens with zero attached hydrogens (tertiary/aromatic N) is 1. The maximum atomic E-state index is 13.3. The second kappa shape index (κ2) is 9.96. The van der Waals surface area contributed by atoms with Gasteiger partial charge in [0.25, 0.3) is 0 Å². The summed E-state index contributed by atoms with van der Waals surface area (Å²) in [5.41, 5.74) is 8.91. The van der Waals surface area contributed by atoms with Crippen LogP contribution in [0.5, 0.6) is 0 Å². The minimum Gasteiger partial charge on any atom is -0.383 e. The summed E-state index contributed by atoms with van der Waals surface area (Å²) in [4.78, 5) is 17.4. The molecule has 4 rings (SSSR count). The van der Waals surface area contributed by atoms with E-state index in [2.05, 4.69) is 22.2 Å². The van der Waals surface area contributed by atoms with Gasteiger partial charge in [-0.05, 0) is 64.5 Å². The number of primary sulfonamides is 1. The van der Waals surface area contributed by atoms with E-state index < -0.39 is 16.1 Å². The molecule has 0 spiro atoms. The summed E-state index contributed by atoms with van der Waals surface area (Å²) in [5, 5.41) is 13.1. The minimum absolute atomic E-state index is 0.0115. The summed E-state index contributed by atoms with van der Waals surface area (Å²) >= 11 is 0. The number of fused-ring (bicyclic) bond motifs is 1. The molecule has 0 saturated carbocycles. The molecule has 1 aromatic heterocycles. The summed E-state index contributed by atoms with van der Waals surface area (Å²) < 4.78 is 23.3. The lowest BCUT2D eigenvalue weighted by Gasteiger charge is -2.21. The van der Waals surface area contributed by atoms with Crippen molar-refractivity contribution in [1.82, 2.24) is 10.3 Å². The number of anilines is 2. The quantitative estimate of drug-likeness (QED) is 0.299. The third kappa shape index (κ3) is 5.65. The van der Waals surface area contributed by atoms with Crippen LogP contribution >= 0.6 is 0 Å². The smallest absolute Gasteiger partial charge is 0.247 e. The van der Waals surface area contributed by atoms with E-state index in [1.807, 2.05) is 48.5 Å². The Morgan fingerprint density at radius 3 is 2.63 bits per heavy atom. The zero-order chi connectivity index (χ0) is 25.0. The van der Waals surface area contributed by atoms with E-state index in [0.29, 0.717) is 11.4 Å². The van der Waals surface area contributed by atoms with Crippen molar-refractivity contribution >= 4 is 44.3 Å². The van der Waals surface area contributed by atoms with Gasteiger partial charge in [-0.15, -0.1) is 0 Å². The van der Waals surface area contributed by atoms with Crippen LogP contribution in [0.15, 0.2) is 90.5 Å². The van der Waals surface area contributed by atoms with Gasteiger partial charge in [-0.2, -0.15) is 0 Å². The fraction of sp³-hybridized carbons (Fsp3) is 0.0769. The fourth-order valence-corrected chi connectivity index (χ4v) is 4.33. The van der Waals surface area contributed by atoms with Gasteiger partial charge >= 0.3 is 0 Å². The first-order valence-corrected chi connectivity index (χ1v) is 12.3. The van der Waals surface area contributed by atoms with Crippen molar-refractivity contribution in [2.45, 2.75) is 17.5 Å². The minimum atomic E-state index is -3.84. The van der Waals surface area contributed by atoms with Gasteiger partial charge in [0.15, 0.2) is 0 Å². The first kappa shape index (κ1) is 23.9. The van der Waals surface area contributed by atoms with Crippen molar-refractivity contribution in [2.24, 2.45) is 5.14 Å². The van der Waals surface area contributed by atoms with Gasteiger partial charge in [-0.1, -0.05) is 43.0 Å². The first-order chi connectivity index (χ1) is 16.7. The van der Waals surface area contributed by atoms with E-state index in [1.165, 1.54) is 12.1 Å². The number of nitrogens with one attached hydrogen (secondary N) is 2. The highest BCUT2D eigenvalue weighted by Crippen LogP contribution is 2.26. The van der Waals surface area contributed by atoms with Crippen LogP contribution in [0.4, 0.5) is 11.5 Å². The molecule has 8 nitrogen and oxygen atoms in total. The van der Waals surface area contributed by atoms with Crippen LogP contribution < -0.4 is 21.5 Å². The predicted octanol–water partition coefficient (Wildman–Crippen LogP) is 3.58. The lowest BCUT2D eigenvalue weighted by atomic mass is 10.0. The van der Waals surface area contributed by atoms with E-state index >= 15 is 0 Å². The maximum absolute atomic E-state index is 13.3. The number of hydrogen-bond acceptors (Lipinski definition) is 6. The number of aromatic nitrogens is 1. The molecule has 0 radical (unpaired) electrons. The van der Waals surface area contributed by atoms with Crippen LogP contribution in [0.3, 0.4) is 0 Å². The molecular weight excluding hydrogens is 462 g/mol. The van der Waals surface area contributed by atoms with Crippen LogP contribution in [0.2, 0.25) is 0 Å². The Kier molecular flexibility index (Phi) is 6.81. The second-order valence-electron chi connectivity index (χ2n) is 7.99. The first-order valence-electron chi connectivity index (χ1n) is 10.8. The second-order valence-corrected chi connectivity index (χ2v) is 9.56. The van der Waals surface area contributed by atoms with Crippen molar-refractivity contribution in [3.05, 3.63) is 102 Å². The fourth-order valence-electron chi connectivity index (χ4n) is 3.75. The molecule has 4 aromatic rings. The van der Waals surface area contributed by atoms with E-state index in [4.69, 9.17) is 10.9 Å². The Hall–Kier alpha value is -4.21. The highest BCUT2D eigenvalue weighted by atomic mass is 32.2. The number of hydrogen-bond donors (Lipinski definition) is 4. The monoisotopic (exact) mass is 487 g/mol. The lowest BCUT2D eigenvalue weighted by Crippen LogP contribution is -2.33. The molecule has 0 aliphatic rings. The standard InChI is InChI=1S/C26H25N5O3S/c1-2-17-5-3-7-20(13-17)24(31-21-9-10-23-19(15-21)11-12-29-25(23)27)26(32)30-16-18-6-4-8-22(14-18)35(28,33)34/h2-15,24,31H,1,16H2,(H2,27,29)(H,30,32)(H2,28,33,34). The molecule has 1 heterocycles. The van der Waals surface area contributed by atoms with Crippen molar-refractivity contribution in [1.29, 1.82) is 0 Å². The molecule has 0 aliphatic carbocycles. The maximum Gasteiger partial charge on any atom is 0.247 e. The highest BCUT2D eigenvalue weighted by Gasteiger charge is 2.21. The largest absolute Gasteiger partial charge is 0.383 e. The number of rotatable bonds is 8. The van der Waals surface area contributed by atoms with Gasteiger partial charge in [-0.3, -0.25) is 4.79 Å². The summed E-state index contributed by atoms with van der Waals surface area (Å²) in [6.45, 7) is 3.94. The molecule has 1 unspecified atom stereocenters. The summed E-state index contributed by atoms with van der Waals surface area (Å²) in [6.07, 6.45) is 3.35. The number of sulfonamides is 1. The molecule has 0 bridgehead atoms. The number of amides is 1. The molecule has 178 valence electrons. The van der Waals surface area contributed by atoms with Crippen LogP contribution in [-0.2, 0) is 21.4 Å². The summed E-state index contributed by atoms with van der Waals surface area (Å²) in [5.74, 6) is 0.144. The highest BCUT2D eigenvalue weighted by molar-refractivity contribution is 7.89. The summed E-state index contributed by atoms with van der Waals surface area (Å²) in [7, 11) is -3.84. The number of nitrogen functional groups attached to an aromatic ring is 1. The molecule has 6 N–H and O–H groups in total. The van der Waals surface area contributed by atoms with Crippen molar-refractivity contribution in [3.8, 4) is 0 Å². The number of nitrogens with two attached hydrogens (primary N) is 2. The summed E-state index contributed by atoms with van der Waals surface area (Å²) in [6, 6.07) is 20.4. The van der Waals surface area contributed by atoms with Gasteiger partial charge in [0, 0.05) is 23.8 Å². The van der Waals surface area contributed by atoms with Crippen molar-refractivity contribution in [2.75, 3.05) is 11.1 Å². The molecule has 0 saturated heterocycles. The van der Waals surface area contributed by atoms with E-state index in [9.17, 15) is 13.2 Å². The third-order valence-corrected chi connectivity index (χ3v) is 6.45. The zero-order valence-corrected chi connectivity index (χ0v) is 19.6. The molecule has 1 amide bonds. The topological polar surface area (TPSA) is 140 Å². The Morgan fingerprint density at radius 2 is 1.86 bits per heavy atom. The third-order valence-electron chi connectivity index (χ3n) is 5.54. The van der Waals surface area contributed by atoms with E-state index in [1.54, 1.807) is 24.4 Å². The number of carbonyl (C=O) groups excluding carboxylic acids is 1. The Morgan fingerprint density at radius 1 is 1.06 bits per heavy atom. The number of carbonyl (C=O) groups is 1. The Bertz CT molecular complexity index is 1520. The van der Waals surface area contributed by atoms with Crippen LogP contribution in [0.1, 0.15) is 22.7 Å². The molecule has 35 heavy (non-hydrogen) atoms. The molecule has 0 aliphatic heterocycles. The molecule has 3 aromatic carbocycles. The zero-order valence-electron chi connectivity index (χ0n) is 18.8. The van der Waals surface area contributed by atoms with Gasteiger partial charge in [0.1, 0.15) is 11.9 Å². The average Bonchev–Trinajstić information content (AvgIpc) is 2.85. The number of benzene rings is 3. The molecule has 0 fully saturated rings. The normalized spacial score (nSPS) is 12.1. The Balaban J connectivity index is 1.62. The number of pyridine rings is 1. The van der Waals surface area contributed by atoms with Gasteiger partial charge in [0.05, 0.1) is 4.90 Å². The van der Waals surface area contributed by atoms with E-state index in [0.717, 1.165) is 27.6 Å². The van der Waals surface area contributed by atoms with Crippen LogP contribution in [0.25, 0.3) is 16.8 Å². The SMILES string of the molecule is C=Cc1cccc(C(Nc2ccc3c(N)nccc3c2)C(=O)NCc2cccc(S(N)(=O)=O)c2)c1. The van der Waals surface area contributed by atoms with Crippen LogP contribution in [-0.4, -0.2) is 19.3 Å². The van der Waals surface area contributed by atoms with Gasteiger partial charge in [-0.25, -0.2) is 18.5 Å². The predicted molar refractivity (Wildman–Crippen MR) is 139 cm³/mol. The van der Waals surface area contributed by atoms with Gasteiger partial charge < -0.3 is 16.4 Å². The van der Waals surface area contributed by atoms with Crippen molar-refractivity contribution in [3.63, 3.8) is 0 Å². The molecule has 1 atom stereocenters. The molecule has 9 heteroatoms. The Labute approximate surface area is 203 Å². The van der Waals surface area contributed by atoms with Gasteiger partial charge in [0.2, 0.25) is 15.9 Å². The van der Waals surface area contributed by atoms with Crippen LogP contribution in [0, 0.1) is 0 Å². The molecular formula is C26H25N5O3S. The lowest BCUT2D eigenvalue weighted by molar-refractivity contribution is -0.122. The average molecular weight is 488 g/mol.